The lowest BCUT2D eigenvalue weighted by atomic mass is 10.0. The molecular formula is C23H46O4S. The van der Waals surface area contributed by atoms with Crippen LogP contribution in [-0.2, 0) is 18.8 Å². The van der Waals surface area contributed by atoms with Crippen LogP contribution in [0.5, 0.6) is 0 Å². The Kier molecular flexibility index (Phi) is 16.4. The first-order valence-electron chi connectivity index (χ1n) is 12.3. The van der Waals surface area contributed by atoms with Crippen molar-refractivity contribution in [2.45, 2.75) is 148 Å². The standard InChI is InChI=1S/C23H46O4S/c1-2-3-4-5-6-7-8-9-10-11-12-13-14-15-16-17-18-19-20-21-22-23-26-28(24,25)27-23/h23H,2-22H2,1H3. The summed E-state index contributed by atoms with van der Waals surface area (Å²) < 4.78 is 30.6. The molecular weight excluding hydrogens is 372 g/mol. The molecule has 4 nitrogen and oxygen atoms in total. The normalized spacial score (nSPS) is 16.3. The molecule has 1 aliphatic rings. The van der Waals surface area contributed by atoms with Crippen molar-refractivity contribution in [2.24, 2.45) is 0 Å². The van der Waals surface area contributed by atoms with Crippen LogP contribution in [0.3, 0.4) is 0 Å². The van der Waals surface area contributed by atoms with E-state index in [0.29, 0.717) is 6.42 Å². The predicted octanol–water partition coefficient (Wildman–Crippen LogP) is 7.82. The molecule has 168 valence electrons. The van der Waals surface area contributed by atoms with Gasteiger partial charge in [-0.15, -0.1) is 0 Å². The second kappa shape index (κ2) is 17.7. The lowest BCUT2D eigenvalue weighted by Crippen LogP contribution is -2.35. The minimum absolute atomic E-state index is 0.513. The van der Waals surface area contributed by atoms with Gasteiger partial charge < -0.3 is 0 Å². The highest BCUT2D eigenvalue weighted by atomic mass is 32.3. The molecule has 0 atom stereocenters. The Balaban J connectivity index is 1.64. The minimum Gasteiger partial charge on any atom is -0.215 e. The van der Waals surface area contributed by atoms with Crippen molar-refractivity contribution in [3.8, 4) is 0 Å². The minimum atomic E-state index is -3.61. The van der Waals surface area contributed by atoms with E-state index in [2.05, 4.69) is 15.3 Å². The third kappa shape index (κ3) is 15.8. The molecule has 1 saturated heterocycles. The maximum Gasteiger partial charge on any atom is 0.404 e. The van der Waals surface area contributed by atoms with E-state index in [4.69, 9.17) is 0 Å². The quantitative estimate of drug-likeness (QED) is 0.178. The third-order valence-electron chi connectivity index (χ3n) is 5.74. The second-order valence-electron chi connectivity index (χ2n) is 8.54. The summed E-state index contributed by atoms with van der Waals surface area (Å²) in [6.45, 7) is 2.28. The molecule has 0 saturated carbocycles. The summed E-state index contributed by atoms with van der Waals surface area (Å²) in [6.07, 6.45) is 27.5. The molecule has 0 unspecified atom stereocenters. The molecule has 1 rings (SSSR count). The van der Waals surface area contributed by atoms with Crippen LogP contribution >= 0.6 is 0 Å². The van der Waals surface area contributed by atoms with Crippen LogP contribution in [-0.4, -0.2) is 14.7 Å². The Bertz CT molecular complexity index is 424. The molecule has 0 aromatic carbocycles. The van der Waals surface area contributed by atoms with Crippen LogP contribution in [0, 0.1) is 0 Å². The van der Waals surface area contributed by atoms with Gasteiger partial charge in [-0.3, -0.25) is 0 Å². The summed E-state index contributed by atoms with van der Waals surface area (Å²) in [5.41, 5.74) is 0. The highest BCUT2D eigenvalue weighted by Crippen LogP contribution is 2.23. The van der Waals surface area contributed by atoms with Crippen molar-refractivity contribution in [2.75, 3.05) is 0 Å². The molecule has 1 fully saturated rings. The summed E-state index contributed by atoms with van der Waals surface area (Å²) in [6, 6.07) is 0. The molecule has 28 heavy (non-hydrogen) atoms. The predicted molar refractivity (Wildman–Crippen MR) is 118 cm³/mol. The van der Waals surface area contributed by atoms with Gasteiger partial charge in [-0.1, -0.05) is 129 Å². The Morgan fingerprint density at radius 1 is 0.500 bits per heavy atom. The average Bonchev–Trinajstić information content (AvgIpc) is 2.65. The van der Waals surface area contributed by atoms with Gasteiger partial charge in [0.15, 0.2) is 6.29 Å². The van der Waals surface area contributed by atoms with E-state index in [1.807, 2.05) is 0 Å². The monoisotopic (exact) mass is 418 g/mol. The zero-order chi connectivity index (χ0) is 20.3. The van der Waals surface area contributed by atoms with Gasteiger partial charge in [0.25, 0.3) is 0 Å². The lowest BCUT2D eigenvalue weighted by Gasteiger charge is -2.24. The maximum atomic E-state index is 10.7. The number of hydrogen-bond acceptors (Lipinski definition) is 4. The Labute approximate surface area is 175 Å². The van der Waals surface area contributed by atoms with Crippen LogP contribution < -0.4 is 0 Å². The van der Waals surface area contributed by atoms with Crippen LogP contribution in [0.2, 0.25) is 0 Å². The van der Waals surface area contributed by atoms with Gasteiger partial charge in [-0.25, -0.2) is 8.37 Å². The molecule has 5 heteroatoms. The number of rotatable bonds is 21. The van der Waals surface area contributed by atoms with Gasteiger partial charge in [0.1, 0.15) is 0 Å². The number of hydrogen-bond donors (Lipinski definition) is 0. The second-order valence-corrected chi connectivity index (χ2v) is 9.74. The third-order valence-corrected chi connectivity index (χ3v) is 6.64. The van der Waals surface area contributed by atoms with Crippen molar-refractivity contribution in [1.82, 2.24) is 0 Å². The Hall–Kier alpha value is -0.130. The van der Waals surface area contributed by atoms with Crippen molar-refractivity contribution >= 4 is 10.4 Å². The van der Waals surface area contributed by atoms with Crippen LogP contribution in [0.1, 0.15) is 142 Å². The summed E-state index contributed by atoms with van der Waals surface area (Å²) in [5, 5.41) is 0. The summed E-state index contributed by atoms with van der Waals surface area (Å²) >= 11 is 0. The number of unbranched alkanes of at least 4 members (excludes halogenated alkanes) is 19. The van der Waals surface area contributed by atoms with Gasteiger partial charge in [-0.05, 0) is 6.42 Å². The van der Waals surface area contributed by atoms with E-state index >= 15 is 0 Å². The molecule has 0 aliphatic carbocycles. The zero-order valence-corrected chi connectivity index (χ0v) is 19.3. The molecule has 0 spiro atoms. The first-order valence-corrected chi connectivity index (χ1v) is 13.6. The smallest absolute Gasteiger partial charge is 0.215 e. The van der Waals surface area contributed by atoms with E-state index in [1.54, 1.807) is 0 Å². The molecule has 1 heterocycles. The summed E-state index contributed by atoms with van der Waals surface area (Å²) in [4.78, 5) is 0. The van der Waals surface area contributed by atoms with Crippen LogP contribution in [0.15, 0.2) is 0 Å². The fourth-order valence-corrected chi connectivity index (χ4v) is 4.67. The van der Waals surface area contributed by atoms with E-state index < -0.39 is 16.7 Å². The van der Waals surface area contributed by atoms with Gasteiger partial charge >= 0.3 is 10.4 Å². The van der Waals surface area contributed by atoms with Gasteiger partial charge in [0, 0.05) is 6.42 Å². The van der Waals surface area contributed by atoms with E-state index in [-0.39, 0.29) is 0 Å². The Morgan fingerprint density at radius 3 is 1.07 bits per heavy atom. The molecule has 0 radical (unpaired) electrons. The summed E-state index contributed by atoms with van der Waals surface area (Å²) in [7, 11) is -3.61. The van der Waals surface area contributed by atoms with Gasteiger partial charge in [0.05, 0.1) is 0 Å². The van der Waals surface area contributed by atoms with Gasteiger partial charge in [0.2, 0.25) is 0 Å². The zero-order valence-electron chi connectivity index (χ0n) is 18.5. The molecule has 0 bridgehead atoms. The molecule has 0 N–H and O–H groups in total. The van der Waals surface area contributed by atoms with Crippen LogP contribution in [0.4, 0.5) is 0 Å². The summed E-state index contributed by atoms with van der Waals surface area (Å²) in [5.74, 6) is 0. The molecule has 0 aromatic rings. The topological polar surface area (TPSA) is 52.6 Å². The first-order chi connectivity index (χ1) is 13.6. The lowest BCUT2D eigenvalue weighted by molar-refractivity contribution is -0.0842. The van der Waals surface area contributed by atoms with Crippen LogP contribution in [0.25, 0.3) is 0 Å². The average molecular weight is 419 g/mol. The SMILES string of the molecule is CCCCCCCCCCCCCCCCCCCCCCC1OS(=O)(=O)O1. The molecule has 0 amide bonds. The fourth-order valence-electron chi connectivity index (χ4n) is 3.93. The van der Waals surface area contributed by atoms with E-state index in [0.717, 1.165) is 12.8 Å². The van der Waals surface area contributed by atoms with Crippen molar-refractivity contribution in [3.05, 3.63) is 0 Å². The largest absolute Gasteiger partial charge is 0.404 e. The highest BCUT2D eigenvalue weighted by Gasteiger charge is 2.35. The fraction of sp³-hybridized carbons (Fsp3) is 1.00. The van der Waals surface area contributed by atoms with Gasteiger partial charge in [-0.2, -0.15) is 8.42 Å². The van der Waals surface area contributed by atoms with Crippen molar-refractivity contribution < 1.29 is 16.8 Å². The van der Waals surface area contributed by atoms with E-state index in [1.165, 1.54) is 116 Å². The van der Waals surface area contributed by atoms with E-state index in [9.17, 15) is 8.42 Å². The van der Waals surface area contributed by atoms with Crippen molar-refractivity contribution in [1.29, 1.82) is 0 Å². The molecule has 1 aliphatic heterocycles. The first kappa shape index (κ1) is 25.9. The van der Waals surface area contributed by atoms with Crippen molar-refractivity contribution in [3.63, 3.8) is 0 Å². The molecule has 0 aromatic heterocycles. The highest BCUT2D eigenvalue weighted by molar-refractivity contribution is 7.82. The maximum absolute atomic E-state index is 10.7. The Morgan fingerprint density at radius 2 is 0.786 bits per heavy atom.